The molecule has 19 heavy (non-hydrogen) atoms. The van der Waals surface area contributed by atoms with Gasteiger partial charge in [0.05, 0.1) is 18.2 Å². The molecular formula is C14H24N2O2S. The van der Waals surface area contributed by atoms with E-state index in [9.17, 15) is 0 Å². The Morgan fingerprint density at radius 2 is 2.47 bits per heavy atom. The van der Waals surface area contributed by atoms with Gasteiger partial charge in [0.15, 0.2) is 0 Å². The average Bonchev–Trinajstić information content (AvgIpc) is 2.81. The van der Waals surface area contributed by atoms with Crippen molar-refractivity contribution in [2.75, 3.05) is 40.0 Å². The van der Waals surface area contributed by atoms with Crippen molar-refractivity contribution >= 4 is 11.3 Å². The Morgan fingerprint density at radius 1 is 1.58 bits per heavy atom. The highest BCUT2D eigenvalue weighted by Gasteiger charge is 2.33. The van der Waals surface area contributed by atoms with Gasteiger partial charge in [-0.15, -0.1) is 11.3 Å². The number of methoxy groups -OCH3 is 1. The summed E-state index contributed by atoms with van der Waals surface area (Å²) in [5, 5.41) is 6.86. The molecule has 0 amide bonds. The van der Waals surface area contributed by atoms with Gasteiger partial charge in [0.25, 0.3) is 0 Å². The normalized spacial score (nSPS) is 23.7. The van der Waals surface area contributed by atoms with Gasteiger partial charge < -0.3 is 14.8 Å². The Balaban J connectivity index is 1.93. The molecule has 0 bridgehead atoms. The van der Waals surface area contributed by atoms with Crippen molar-refractivity contribution in [2.24, 2.45) is 5.41 Å². The molecule has 1 saturated heterocycles. The zero-order valence-corrected chi connectivity index (χ0v) is 12.7. The summed E-state index contributed by atoms with van der Waals surface area (Å²) in [6.07, 6.45) is 3.38. The number of nitrogens with one attached hydrogen (secondary N) is 1. The monoisotopic (exact) mass is 284 g/mol. The minimum Gasteiger partial charge on any atom is -0.383 e. The minimum atomic E-state index is 0.205. The molecule has 0 aromatic carbocycles. The largest absolute Gasteiger partial charge is 0.383 e. The number of nitrogens with zero attached hydrogens (tertiary/aromatic N) is 1. The topological polar surface area (TPSA) is 43.4 Å². The first kappa shape index (κ1) is 14.9. The van der Waals surface area contributed by atoms with Gasteiger partial charge in [-0.2, -0.15) is 0 Å². The van der Waals surface area contributed by atoms with Gasteiger partial charge in [-0.25, -0.2) is 4.98 Å². The van der Waals surface area contributed by atoms with Gasteiger partial charge in [0.2, 0.25) is 0 Å². The maximum Gasteiger partial charge on any atom is 0.0935 e. The van der Waals surface area contributed by atoms with E-state index in [1.807, 2.05) is 0 Å². The molecule has 2 heterocycles. The zero-order chi connectivity index (χ0) is 13.6. The van der Waals surface area contributed by atoms with E-state index in [0.717, 1.165) is 51.4 Å². The first-order chi connectivity index (χ1) is 9.24. The van der Waals surface area contributed by atoms with Crippen LogP contribution < -0.4 is 5.32 Å². The van der Waals surface area contributed by atoms with Crippen LogP contribution in [-0.4, -0.2) is 45.0 Å². The number of rotatable bonds is 7. The van der Waals surface area contributed by atoms with Crippen LogP contribution in [-0.2, 0) is 15.9 Å². The van der Waals surface area contributed by atoms with E-state index >= 15 is 0 Å². The lowest BCUT2D eigenvalue weighted by Crippen LogP contribution is -2.43. The van der Waals surface area contributed by atoms with Crippen LogP contribution >= 0.6 is 11.3 Å². The number of aryl methyl sites for hydroxylation is 1. The zero-order valence-electron chi connectivity index (χ0n) is 11.9. The fourth-order valence-electron chi connectivity index (χ4n) is 2.58. The van der Waals surface area contributed by atoms with Gasteiger partial charge in [0.1, 0.15) is 0 Å². The molecule has 0 radical (unpaired) electrons. The third kappa shape index (κ3) is 4.53. The third-order valence-electron chi connectivity index (χ3n) is 3.58. The highest BCUT2D eigenvalue weighted by molar-refractivity contribution is 7.09. The van der Waals surface area contributed by atoms with Crippen molar-refractivity contribution in [3.05, 3.63) is 16.1 Å². The molecule has 1 atom stereocenters. The molecule has 1 aromatic rings. The SMILES string of the molecule is COCCNCC1(Cc2nc(C)cs2)CCCOC1. The molecule has 0 saturated carbocycles. The van der Waals surface area contributed by atoms with Crippen molar-refractivity contribution in [3.8, 4) is 0 Å². The smallest absolute Gasteiger partial charge is 0.0935 e. The van der Waals surface area contributed by atoms with E-state index in [0.29, 0.717) is 0 Å². The van der Waals surface area contributed by atoms with E-state index in [1.54, 1.807) is 18.4 Å². The van der Waals surface area contributed by atoms with E-state index in [4.69, 9.17) is 9.47 Å². The average molecular weight is 284 g/mol. The number of ether oxygens (including phenoxy) is 2. The Labute approximate surface area is 119 Å². The molecule has 2 rings (SSSR count). The molecule has 4 nitrogen and oxygen atoms in total. The summed E-state index contributed by atoms with van der Waals surface area (Å²) < 4.78 is 10.8. The lowest BCUT2D eigenvalue weighted by Gasteiger charge is -2.36. The number of hydrogen-bond acceptors (Lipinski definition) is 5. The minimum absolute atomic E-state index is 0.205. The first-order valence-electron chi connectivity index (χ1n) is 6.92. The molecule has 108 valence electrons. The second-order valence-corrected chi connectivity index (χ2v) is 6.33. The molecule has 1 aliphatic heterocycles. The number of aromatic nitrogens is 1. The van der Waals surface area contributed by atoms with Gasteiger partial charge >= 0.3 is 0 Å². The van der Waals surface area contributed by atoms with Crippen LogP contribution in [0.5, 0.6) is 0 Å². The van der Waals surface area contributed by atoms with Crippen LogP contribution in [0.2, 0.25) is 0 Å². The van der Waals surface area contributed by atoms with Gasteiger partial charge in [-0.3, -0.25) is 0 Å². The summed E-state index contributed by atoms with van der Waals surface area (Å²) in [7, 11) is 1.74. The van der Waals surface area contributed by atoms with Crippen LogP contribution in [0.3, 0.4) is 0 Å². The van der Waals surface area contributed by atoms with E-state index in [1.165, 1.54) is 11.4 Å². The van der Waals surface area contributed by atoms with Gasteiger partial charge in [-0.05, 0) is 19.8 Å². The third-order valence-corrected chi connectivity index (χ3v) is 4.55. The fraction of sp³-hybridized carbons (Fsp3) is 0.786. The second-order valence-electron chi connectivity index (χ2n) is 5.39. The van der Waals surface area contributed by atoms with E-state index < -0.39 is 0 Å². The maximum absolute atomic E-state index is 5.73. The van der Waals surface area contributed by atoms with Crippen molar-refractivity contribution in [1.82, 2.24) is 10.3 Å². The van der Waals surface area contributed by atoms with Gasteiger partial charge in [-0.1, -0.05) is 0 Å². The lowest BCUT2D eigenvalue weighted by molar-refractivity contribution is -0.00773. The standard InChI is InChI=1S/C14H24N2O2S/c1-12-9-19-13(16-12)8-14(4-3-6-18-11-14)10-15-5-7-17-2/h9,15H,3-8,10-11H2,1-2H3. The summed E-state index contributed by atoms with van der Waals surface area (Å²) in [5.74, 6) is 0. The van der Waals surface area contributed by atoms with Crippen molar-refractivity contribution < 1.29 is 9.47 Å². The molecular weight excluding hydrogens is 260 g/mol. The molecule has 0 spiro atoms. The van der Waals surface area contributed by atoms with Crippen molar-refractivity contribution in [1.29, 1.82) is 0 Å². The number of thiazole rings is 1. The van der Waals surface area contributed by atoms with Crippen LogP contribution in [0.15, 0.2) is 5.38 Å². The Hall–Kier alpha value is -0.490. The molecule has 1 unspecified atom stereocenters. The quantitative estimate of drug-likeness (QED) is 0.778. The molecule has 1 aromatic heterocycles. The fourth-order valence-corrected chi connectivity index (χ4v) is 3.53. The predicted octanol–water partition coefficient (Wildman–Crippen LogP) is 2.03. The Kier molecular flexibility index (Phi) is 5.76. The van der Waals surface area contributed by atoms with Crippen LogP contribution in [0.1, 0.15) is 23.5 Å². The van der Waals surface area contributed by atoms with Gasteiger partial charge in [0, 0.05) is 49.7 Å². The summed E-state index contributed by atoms with van der Waals surface area (Å²) in [4.78, 5) is 4.60. The highest BCUT2D eigenvalue weighted by atomic mass is 32.1. The summed E-state index contributed by atoms with van der Waals surface area (Å²) in [6, 6.07) is 0. The van der Waals surface area contributed by atoms with Crippen LogP contribution in [0.4, 0.5) is 0 Å². The maximum atomic E-state index is 5.73. The van der Waals surface area contributed by atoms with Crippen LogP contribution in [0, 0.1) is 12.3 Å². The van der Waals surface area contributed by atoms with Crippen LogP contribution in [0.25, 0.3) is 0 Å². The summed E-state index contributed by atoms with van der Waals surface area (Å²) >= 11 is 1.77. The molecule has 0 aliphatic carbocycles. The Bertz CT molecular complexity index is 375. The molecule has 5 heteroatoms. The Morgan fingerprint density at radius 3 is 3.11 bits per heavy atom. The lowest BCUT2D eigenvalue weighted by atomic mass is 9.79. The summed E-state index contributed by atoms with van der Waals surface area (Å²) in [5.41, 5.74) is 1.33. The molecule has 1 fully saturated rings. The molecule has 1 N–H and O–H groups in total. The highest BCUT2D eigenvalue weighted by Crippen LogP contribution is 2.32. The first-order valence-corrected chi connectivity index (χ1v) is 7.80. The van der Waals surface area contributed by atoms with Crippen molar-refractivity contribution in [2.45, 2.75) is 26.2 Å². The predicted molar refractivity (Wildman–Crippen MR) is 77.8 cm³/mol. The van der Waals surface area contributed by atoms with E-state index in [-0.39, 0.29) is 5.41 Å². The van der Waals surface area contributed by atoms with Crippen molar-refractivity contribution in [3.63, 3.8) is 0 Å². The second kappa shape index (κ2) is 7.33. The van der Waals surface area contributed by atoms with E-state index in [2.05, 4.69) is 22.6 Å². The summed E-state index contributed by atoms with van der Waals surface area (Å²) in [6.45, 7) is 6.43. The molecule has 1 aliphatic rings. The number of hydrogen-bond donors (Lipinski definition) is 1.